The highest BCUT2D eigenvalue weighted by molar-refractivity contribution is 5.94. The molecule has 0 unspecified atom stereocenters. The maximum atomic E-state index is 12.5. The van der Waals surface area contributed by atoms with Crippen LogP contribution in [0.3, 0.4) is 0 Å². The van der Waals surface area contributed by atoms with E-state index in [1.165, 1.54) is 18.5 Å². The molecule has 4 rings (SSSR count). The third-order valence-corrected chi connectivity index (χ3v) is 5.12. The average molecular weight is 378 g/mol. The van der Waals surface area contributed by atoms with Crippen molar-refractivity contribution in [2.45, 2.75) is 39.4 Å². The second-order valence-electron chi connectivity index (χ2n) is 7.18. The normalized spacial score (nSPS) is 14.0. The molecule has 0 atom stereocenters. The monoisotopic (exact) mass is 378 g/mol. The van der Waals surface area contributed by atoms with Crippen molar-refractivity contribution in [3.63, 3.8) is 0 Å². The lowest BCUT2D eigenvalue weighted by Gasteiger charge is -2.27. The highest BCUT2D eigenvalue weighted by atomic mass is 16.1. The van der Waals surface area contributed by atoms with E-state index in [-0.39, 0.29) is 5.91 Å². The first kappa shape index (κ1) is 18.4. The number of hydrogen-bond donors (Lipinski definition) is 1. The molecule has 1 aliphatic rings. The molecule has 28 heavy (non-hydrogen) atoms. The lowest BCUT2D eigenvalue weighted by atomic mass is 10.2. The van der Waals surface area contributed by atoms with Crippen LogP contribution in [0.4, 0.5) is 0 Å². The molecule has 1 aliphatic heterocycles. The Morgan fingerprint density at radius 3 is 2.82 bits per heavy atom. The summed E-state index contributed by atoms with van der Waals surface area (Å²) in [5, 5.41) is 7.62. The van der Waals surface area contributed by atoms with E-state index in [0.717, 1.165) is 37.6 Å². The van der Waals surface area contributed by atoms with Gasteiger partial charge in [-0.2, -0.15) is 5.10 Å². The topological polar surface area (TPSA) is 68.0 Å². The van der Waals surface area contributed by atoms with Gasteiger partial charge in [0.2, 0.25) is 0 Å². The van der Waals surface area contributed by atoms with Gasteiger partial charge < -0.3 is 9.88 Å². The Kier molecular flexibility index (Phi) is 5.53. The Labute approximate surface area is 165 Å². The number of amides is 1. The van der Waals surface area contributed by atoms with Crippen molar-refractivity contribution in [2.75, 3.05) is 13.1 Å². The zero-order valence-corrected chi connectivity index (χ0v) is 16.2. The SMILES string of the molecule is CCCCN1CCn2nc(CNC(=O)c3ccc(-n4ccnc4)cc3)cc2C1. The molecule has 7 nitrogen and oxygen atoms in total. The summed E-state index contributed by atoms with van der Waals surface area (Å²) in [5.41, 5.74) is 3.76. The Hall–Kier alpha value is -2.93. The van der Waals surface area contributed by atoms with Gasteiger partial charge in [-0.25, -0.2) is 4.98 Å². The maximum absolute atomic E-state index is 12.5. The fraction of sp³-hybridized carbons (Fsp3) is 0.381. The van der Waals surface area contributed by atoms with Crippen LogP contribution in [-0.2, 0) is 19.6 Å². The van der Waals surface area contributed by atoms with Crippen LogP contribution in [0, 0.1) is 0 Å². The van der Waals surface area contributed by atoms with Crippen LogP contribution in [0.5, 0.6) is 0 Å². The Balaban J connectivity index is 1.33. The number of hydrogen-bond acceptors (Lipinski definition) is 4. The van der Waals surface area contributed by atoms with Gasteiger partial charge in [-0.3, -0.25) is 14.4 Å². The smallest absolute Gasteiger partial charge is 0.251 e. The number of unbranched alkanes of at least 4 members (excludes halogenated alkanes) is 1. The molecule has 7 heteroatoms. The molecule has 0 fully saturated rings. The average Bonchev–Trinajstić information content (AvgIpc) is 3.40. The van der Waals surface area contributed by atoms with E-state index < -0.39 is 0 Å². The van der Waals surface area contributed by atoms with Gasteiger partial charge in [0.15, 0.2) is 0 Å². The Bertz CT molecular complexity index is 913. The van der Waals surface area contributed by atoms with E-state index in [2.05, 4.69) is 38.0 Å². The molecular weight excluding hydrogens is 352 g/mol. The molecule has 0 spiro atoms. The van der Waals surface area contributed by atoms with Gasteiger partial charge in [0.25, 0.3) is 5.91 Å². The zero-order valence-electron chi connectivity index (χ0n) is 16.2. The molecule has 1 amide bonds. The molecule has 0 bridgehead atoms. The minimum absolute atomic E-state index is 0.0901. The molecule has 0 radical (unpaired) electrons. The van der Waals surface area contributed by atoms with Crippen molar-refractivity contribution in [1.82, 2.24) is 29.5 Å². The van der Waals surface area contributed by atoms with Crippen LogP contribution < -0.4 is 5.32 Å². The molecule has 3 heterocycles. The Morgan fingerprint density at radius 1 is 1.21 bits per heavy atom. The van der Waals surface area contributed by atoms with Crippen molar-refractivity contribution in [3.8, 4) is 5.69 Å². The van der Waals surface area contributed by atoms with Gasteiger partial charge in [-0.1, -0.05) is 13.3 Å². The summed E-state index contributed by atoms with van der Waals surface area (Å²) in [6.07, 6.45) is 7.79. The summed E-state index contributed by atoms with van der Waals surface area (Å²) in [5.74, 6) is -0.0901. The van der Waals surface area contributed by atoms with Crippen LogP contribution in [0.25, 0.3) is 5.69 Å². The second-order valence-corrected chi connectivity index (χ2v) is 7.18. The van der Waals surface area contributed by atoms with E-state index in [1.54, 1.807) is 12.5 Å². The van der Waals surface area contributed by atoms with Crippen LogP contribution in [0.1, 0.15) is 41.5 Å². The minimum Gasteiger partial charge on any atom is -0.346 e. The first-order valence-corrected chi connectivity index (χ1v) is 9.87. The summed E-state index contributed by atoms with van der Waals surface area (Å²) in [6.45, 7) is 6.71. The highest BCUT2D eigenvalue weighted by Crippen LogP contribution is 2.15. The fourth-order valence-electron chi connectivity index (χ4n) is 3.51. The van der Waals surface area contributed by atoms with E-state index in [9.17, 15) is 4.79 Å². The first-order chi connectivity index (χ1) is 13.7. The third kappa shape index (κ3) is 4.14. The van der Waals surface area contributed by atoms with E-state index in [1.807, 2.05) is 35.0 Å². The predicted octanol–water partition coefficient (Wildman–Crippen LogP) is 2.61. The molecule has 0 saturated carbocycles. The van der Waals surface area contributed by atoms with Gasteiger partial charge in [0.1, 0.15) is 0 Å². The molecule has 1 N–H and O–H groups in total. The number of carbonyl (C=O) groups is 1. The quantitative estimate of drug-likeness (QED) is 0.686. The van der Waals surface area contributed by atoms with Crippen molar-refractivity contribution < 1.29 is 4.79 Å². The first-order valence-electron chi connectivity index (χ1n) is 9.87. The van der Waals surface area contributed by atoms with Gasteiger partial charge in [-0.05, 0) is 43.3 Å². The fourth-order valence-corrected chi connectivity index (χ4v) is 3.51. The number of rotatable bonds is 7. The van der Waals surface area contributed by atoms with Gasteiger partial charge in [0.05, 0.1) is 30.8 Å². The van der Waals surface area contributed by atoms with Crippen LogP contribution in [0.2, 0.25) is 0 Å². The largest absolute Gasteiger partial charge is 0.346 e. The third-order valence-electron chi connectivity index (χ3n) is 5.12. The number of fused-ring (bicyclic) bond motifs is 1. The summed E-state index contributed by atoms with van der Waals surface area (Å²) in [4.78, 5) is 19.0. The number of imidazole rings is 1. The van der Waals surface area contributed by atoms with Crippen LogP contribution in [0.15, 0.2) is 49.1 Å². The maximum Gasteiger partial charge on any atom is 0.251 e. The molecular formula is C21H26N6O. The number of nitrogens with one attached hydrogen (secondary N) is 1. The zero-order chi connectivity index (χ0) is 19.3. The molecule has 0 saturated heterocycles. The van der Waals surface area contributed by atoms with E-state index in [4.69, 9.17) is 0 Å². The summed E-state index contributed by atoms with van der Waals surface area (Å²) in [7, 11) is 0. The van der Waals surface area contributed by atoms with Crippen LogP contribution >= 0.6 is 0 Å². The van der Waals surface area contributed by atoms with E-state index >= 15 is 0 Å². The lowest BCUT2D eigenvalue weighted by molar-refractivity contribution is 0.0950. The van der Waals surface area contributed by atoms with Crippen molar-refractivity contribution in [2.24, 2.45) is 0 Å². The van der Waals surface area contributed by atoms with Crippen molar-refractivity contribution >= 4 is 5.91 Å². The molecule has 0 aliphatic carbocycles. The molecule has 2 aromatic heterocycles. The van der Waals surface area contributed by atoms with E-state index in [0.29, 0.717) is 12.1 Å². The van der Waals surface area contributed by atoms with Gasteiger partial charge in [0, 0.05) is 36.7 Å². The lowest BCUT2D eigenvalue weighted by Crippen LogP contribution is -2.34. The number of nitrogens with zero attached hydrogens (tertiary/aromatic N) is 5. The minimum atomic E-state index is -0.0901. The number of benzene rings is 1. The standard InChI is InChI=1S/C21H26N6O/c1-2-3-9-25-11-12-27-20(15-25)13-18(24-27)14-23-21(28)17-4-6-19(7-5-17)26-10-8-22-16-26/h4-8,10,13,16H,2-3,9,11-12,14-15H2,1H3,(H,23,28). The predicted molar refractivity (Wildman–Crippen MR) is 107 cm³/mol. The summed E-state index contributed by atoms with van der Waals surface area (Å²) in [6, 6.07) is 9.59. The Morgan fingerprint density at radius 2 is 2.07 bits per heavy atom. The van der Waals surface area contributed by atoms with Gasteiger partial charge >= 0.3 is 0 Å². The van der Waals surface area contributed by atoms with Gasteiger partial charge in [-0.15, -0.1) is 0 Å². The highest BCUT2D eigenvalue weighted by Gasteiger charge is 2.18. The molecule has 1 aromatic carbocycles. The molecule has 3 aromatic rings. The number of aromatic nitrogens is 4. The summed E-state index contributed by atoms with van der Waals surface area (Å²) < 4.78 is 3.98. The van der Waals surface area contributed by atoms with Crippen molar-refractivity contribution in [1.29, 1.82) is 0 Å². The number of carbonyl (C=O) groups excluding carboxylic acids is 1. The second kappa shape index (κ2) is 8.39. The van der Waals surface area contributed by atoms with Crippen LogP contribution in [-0.4, -0.2) is 43.2 Å². The van der Waals surface area contributed by atoms with Crippen molar-refractivity contribution in [3.05, 3.63) is 66.0 Å². The summed E-state index contributed by atoms with van der Waals surface area (Å²) >= 11 is 0. The molecule has 146 valence electrons.